The summed E-state index contributed by atoms with van der Waals surface area (Å²) >= 11 is 0. The van der Waals surface area contributed by atoms with Crippen LogP contribution in [0.25, 0.3) is 0 Å². The predicted molar refractivity (Wildman–Crippen MR) is 138 cm³/mol. The summed E-state index contributed by atoms with van der Waals surface area (Å²) in [5.41, 5.74) is -3.85. The first kappa shape index (κ1) is 33.0. The minimum absolute atomic E-state index is 0. The molecule has 2 amide bonds. The van der Waals surface area contributed by atoms with E-state index in [4.69, 9.17) is 4.74 Å². The molecule has 1 saturated carbocycles. The second-order valence-electron chi connectivity index (χ2n) is 10.9. The van der Waals surface area contributed by atoms with Crippen molar-refractivity contribution in [1.29, 1.82) is 0 Å². The molecule has 3 rings (SSSR count). The number of aromatic nitrogens is 1. The lowest BCUT2D eigenvalue weighted by Crippen LogP contribution is -2.58. The highest BCUT2D eigenvalue weighted by atomic mass is 35.5. The normalized spacial score (nSPS) is 22.6. The summed E-state index contributed by atoms with van der Waals surface area (Å²) in [5.74, 6) is 0.00163. The van der Waals surface area contributed by atoms with Gasteiger partial charge in [-0.05, 0) is 66.0 Å². The minimum Gasteiger partial charge on any atom is -0.444 e. The van der Waals surface area contributed by atoms with E-state index < -0.39 is 34.5 Å². The number of pyridine rings is 1. The van der Waals surface area contributed by atoms with Crippen LogP contribution in [-0.4, -0.2) is 70.4 Å². The maximum atomic E-state index is 13.7. The van der Waals surface area contributed by atoms with Crippen LogP contribution in [0.4, 0.5) is 23.8 Å². The van der Waals surface area contributed by atoms with Crippen molar-refractivity contribution < 1.29 is 32.6 Å². The molecule has 2 atom stereocenters. The zero-order valence-corrected chi connectivity index (χ0v) is 23.4. The molecule has 1 aromatic rings. The Hall–Kier alpha value is -1.98. The summed E-state index contributed by atoms with van der Waals surface area (Å²) in [4.78, 5) is 33.4. The quantitative estimate of drug-likeness (QED) is 0.554. The Kier molecular flexibility index (Phi) is 10.6. The van der Waals surface area contributed by atoms with Gasteiger partial charge in [-0.1, -0.05) is 0 Å². The highest BCUT2D eigenvalue weighted by Crippen LogP contribution is 2.48. The molecule has 0 bridgehead atoms. The molecule has 0 spiro atoms. The molecule has 2 fully saturated rings. The third kappa shape index (κ3) is 7.77. The van der Waals surface area contributed by atoms with Crippen molar-refractivity contribution in [2.45, 2.75) is 77.3 Å². The van der Waals surface area contributed by atoms with Crippen LogP contribution in [0.3, 0.4) is 0 Å². The third-order valence-corrected chi connectivity index (χ3v) is 6.78. The lowest BCUT2D eigenvalue weighted by molar-refractivity contribution is -0.158. The Bertz CT molecular complexity index is 945. The second kappa shape index (κ2) is 11.8. The molecule has 2 aliphatic rings. The number of anilines is 1. The number of amides is 2. The maximum Gasteiger partial charge on any atom is 0.416 e. The Morgan fingerprint density at radius 1 is 1.11 bits per heavy atom. The van der Waals surface area contributed by atoms with Gasteiger partial charge in [0.15, 0.2) is 0 Å². The number of ether oxygens (including phenoxy) is 1. The van der Waals surface area contributed by atoms with E-state index >= 15 is 0 Å². The Balaban J connectivity index is 0.00000342. The summed E-state index contributed by atoms with van der Waals surface area (Å²) in [5, 5.41) is 13.8. The average molecular weight is 573 g/mol. The molecule has 1 aliphatic heterocycles. The van der Waals surface area contributed by atoms with Crippen molar-refractivity contribution in [2.24, 2.45) is 5.41 Å². The molecular weight excluding hydrogens is 536 g/mol. The number of hydrogen-bond donors (Lipinski definition) is 2. The van der Waals surface area contributed by atoms with E-state index in [2.05, 4.69) is 10.3 Å². The molecule has 8 nitrogen and oxygen atoms in total. The molecule has 13 heteroatoms. The van der Waals surface area contributed by atoms with Crippen LogP contribution in [0.1, 0.15) is 59.4 Å². The van der Waals surface area contributed by atoms with Crippen molar-refractivity contribution >= 4 is 42.6 Å². The highest BCUT2D eigenvalue weighted by molar-refractivity contribution is 5.86. The number of alkyl halides is 3. The summed E-state index contributed by atoms with van der Waals surface area (Å²) in [6, 6.07) is 1.62. The van der Waals surface area contributed by atoms with Crippen molar-refractivity contribution in [1.82, 2.24) is 15.2 Å². The number of rotatable bonds is 4. The molecule has 212 valence electrons. The van der Waals surface area contributed by atoms with Gasteiger partial charge in [-0.2, -0.15) is 13.2 Å². The molecule has 1 aromatic heterocycles. The number of hydrogen-bond acceptors (Lipinski definition) is 6. The largest absolute Gasteiger partial charge is 0.444 e. The first-order valence-corrected chi connectivity index (χ1v) is 11.8. The van der Waals surface area contributed by atoms with Crippen LogP contribution in [0.2, 0.25) is 0 Å². The molecule has 1 aliphatic carbocycles. The number of nitrogens with zero attached hydrogens (tertiary/aromatic N) is 3. The molecule has 0 radical (unpaired) electrons. The zero-order valence-electron chi connectivity index (χ0n) is 21.7. The van der Waals surface area contributed by atoms with E-state index in [0.29, 0.717) is 39.0 Å². The number of piperazine rings is 1. The number of halogens is 5. The number of alkyl carbamates (subject to hydrolysis) is 1. The zero-order chi connectivity index (χ0) is 26.2. The molecule has 1 unspecified atom stereocenters. The van der Waals surface area contributed by atoms with Gasteiger partial charge in [-0.3, -0.25) is 4.79 Å². The molecule has 37 heavy (non-hydrogen) atoms. The predicted octanol–water partition coefficient (Wildman–Crippen LogP) is 4.43. The van der Waals surface area contributed by atoms with Crippen molar-refractivity contribution in [2.75, 3.05) is 31.1 Å². The summed E-state index contributed by atoms with van der Waals surface area (Å²) in [7, 11) is 0. The molecule has 0 aromatic carbocycles. The summed E-state index contributed by atoms with van der Waals surface area (Å²) in [6.07, 6.45) is -2.71. The second-order valence-corrected chi connectivity index (χ2v) is 10.9. The molecular formula is C24H37Cl2F3N4O4. The van der Waals surface area contributed by atoms with Crippen LogP contribution in [-0.2, 0) is 15.7 Å². The first-order chi connectivity index (χ1) is 16.0. The minimum atomic E-state index is -4.46. The van der Waals surface area contributed by atoms with Crippen LogP contribution in [0.5, 0.6) is 0 Å². The van der Waals surface area contributed by atoms with Crippen molar-refractivity contribution in [3.05, 3.63) is 23.9 Å². The van der Waals surface area contributed by atoms with Gasteiger partial charge in [-0.15, -0.1) is 24.8 Å². The SMILES string of the molecule is CC(C)(C)OC(=O)NC1CC[C@](C(=O)N2CCN(c3cc(C(F)(F)F)ccn3)CC2)(C(C)(C)O)C1.Cl.Cl. The number of aliphatic hydroxyl groups is 1. The maximum absolute atomic E-state index is 13.7. The number of nitrogens with one attached hydrogen (secondary N) is 1. The lowest BCUT2D eigenvalue weighted by Gasteiger charge is -2.45. The van der Waals surface area contributed by atoms with Gasteiger partial charge in [0.1, 0.15) is 11.4 Å². The molecule has 2 N–H and O–H groups in total. The van der Waals surface area contributed by atoms with Crippen molar-refractivity contribution in [3.63, 3.8) is 0 Å². The van der Waals surface area contributed by atoms with Crippen molar-refractivity contribution in [3.8, 4) is 0 Å². The smallest absolute Gasteiger partial charge is 0.416 e. The monoisotopic (exact) mass is 572 g/mol. The Labute approximate surface area is 228 Å². The molecule has 1 saturated heterocycles. The summed E-state index contributed by atoms with van der Waals surface area (Å²) in [6.45, 7) is 9.72. The van der Waals surface area contributed by atoms with E-state index in [0.717, 1.165) is 18.3 Å². The van der Waals surface area contributed by atoms with Gasteiger partial charge in [0, 0.05) is 38.4 Å². The van der Waals surface area contributed by atoms with Crippen LogP contribution in [0.15, 0.2) is 18.3 Å². The van der Waals surface area contributed by atoms with Gasteiger partial charge < -0.3 is 25.0 Å². The first-order valence-electron chi connectivity index (χ1n) is 11.8. The van der Waals surface area contributed by atoms with Gasteiger partial charge >= 0.3 is 12.3 Å². The van der Waals surface area contributed by atoms with Gasteiger partial charge in [0.05, 0.1) is 16.6 Å². The number of carbonyl (C=O) groups is 2. The van der Waals surface area contributed by atoms with Gasteiger partial charge in [0.25, 0.3) is 0 Å². The fourth-order valence-corrected chi connectivity index (χ4v) is 4.86. The average Bonchev–Trinajstić information content (AvgIpc) is 3.16. The topological polar surface area (TPSA) is 95.0 Å². The van der Waals surface area contributed by atoms with Gasteiger partial charge in [-0.25, -0.2) is 9.78 Å². The third-order valence-electron chi connectivity index (χ3n) is 6.78. The van der Waals surface area contributed by atoms with E-state index in [1.165, 1.54) is 0 Å². The number of carbonyl (C=O) groups excluding carboxylic acids is 2. The van der Waals surface area contributed by atoms with E-state index in [1.807, 2.05) is 0 Å². The Morgan fingerprint density at radius 3 is 2.22 bits per heavy atom. The summed E-state index contributed by atoms with van der Waals surface area (Å²) < 4.78 is 44.5. The van der Waals surface area contributed by atoms with Crippen LogP contribution < -0.4 is 10.2 Å². The fourth-order valence-electron chi connectivity index (χ4n) is 4.86. The lowest BCUT2D eigenvalue weighted by atomic mass is 9.70. The van der Waals surface area contributed by atoms with E-state index in [-0.39, 0.29) is 49.0 Å². The fraction of sp³-hybridized carbons (Fsp3) is 0.708. The molecule has 2 heterocycles. The standard InChI is InChI=1S/C24H35F3N4O4.2ClH/c1-21(2,3)35-20(33)29-17-6-8-23(15-17,22(4,5)34)19(32)31-12-10-30(11-13-31)18-14-16(7-9-28-18)24(25,26)27;;/h7,9,14,17,34H,6,8,10-13,15H2,1-5H3,(H,29,33);2*1H/t17?,23-;;/m0../s1. The highest BCUT2D eigenvalue weighted by Gasteiger charge is 2.56. The van der Waals surface area contributed by atoms with Crippen LogP contribution in [0, 0.1) is 5.41 Å². The van der Waals surface area contributed by atoms with E-state index in [1.54, 1.807) is 44.4 Å². The van der Waals surface area contributed by atoms with E-state index in [9.17, 15) is 27.9 Å². The van der Waals surface area contributed by atoms with Crippen LogP contribution >= 0.6 is 24.8 Å². The van der Waals surface area contributed by atoms with Gasteiger partial charge in [0.2, 0.25) is 5.91 Å². The Morgan fingerprint density at radius 2 is 1.70 bits per heavy atom.